The van der Waals surface area contributed by atoms with E-state index in [0.29, 0.717) is 17.8 Å². The molecule has 0 radical (unpaired) electrons. The molecule has 3 heterocycles. The van der Waals surface area contributed by atoms with Crippen LogP contribution in [0.15, 0.2) is 30.7 Å². The molecule has 0 bridgehead atoms. The number of anilines is 1. The van der Waals surface area contributed by atoms with Crippen molar-refractivity contribution >= 4 is 28.7 Å². The van der Waals surface area contributed by atoms with Crippen molar-refractivity contribution in [2.24, 2.45) is 11.8 Å². The second kappa shape index (κ2) is 11.2. The van der Waals surface area contributed by atoms with E-state index in [1.807, 2.05) is 42.4 Å². The number of piperidine rings is 1. The number of rotatable bonds is 6. The summed E-state index contributed by atoms with van der Waals surface area (Å²) < 4.78 is 16.9. The van der Waals surface area contributed by atoms with Crippen LogP contribution in [0, 0.1) is 24.6 Å². The summed E-state index contributed by atoms with van der Waals surface area (Å²) in [5, 5.41) is 3.01. The zero-order chi connectivity index (χ0) is 26.8. The minimum absolute atomic E-state index is 0.0538. The van der Waals surface area contributed by atoms with Gasteiger partial charge in [-0.1, -0.05) is 6.42 Å². The van der Waals surface area contributed by atoms with Crippen LogP contribution in [-0.2, 0) is 9.59 Å². The molecular formula is C30H38FN5O2. The van der Waals surface area contributed by atoms with Crippen molar-refractivity contribution in [3.8, 4) is 11.1 Å². The molecule has 5 rings (SSSR count). The number of amides is 2. The Morgan fingerprint density at radius 1 is 1.08 bits per heavy atom. The number of aromatic nitrogens is 3. The molecule has 0 unspecified atom stereocenters. The number of fused-ring (bicyclic) bond motifs is 1. The fourth-order valence-electron chi connectivity index (χ4n) is 6.02. The number of nitrogens with one attached hydrogen (secondary N) is 1. The van der Waals surface area contributed by atoms with Crippen LogP contribution in [0.3, 0.4) is 0 Å². The summed E-state index contributed by atoms with van der Waals surface area (Å²) in [6.07, 6.45) is 10.8. The first-order valence-corrected chi connectivity index (χ1v) is 14.0. The lowest BCUT2D eigenvalue weighted by Crippen LogP contribution is -2.37. The first-order chi connectivity index (χ1) is 18.3. The molecule has 2 amide bonds. The van der Waals surface area contributed by atoms with Gasteiger partial charge in [0.05, 0.1) is 11.8 Å². The summed E-state index contributed by atoms with van der Waals surface area (Å²) in [6.45, 7) is 7.74. The van der Waals surface area contributed by atoms with E-state index in [1.165, 1.54) is 12.5 Å². The summed E-state index contributed by atoms with van der Waals surface area (Å²) >= 11 is 0. The molecule has 2 atom stereocenters. The maximum atomic E-state index is 15.0. The van der Waals surface area contributed by atoms with Gasteiger partial charge in [0.1, 0.15) is 11.3 Å². The molecule has 2 aliphatic rings. The van der Waals surface area contributed by atoms with Crippen LogP contribution >= 0.6 is 0 Å². The molecule has 1 aliphatic carbocycles. The van der Waals surface area contributed by atoms with E-state index in [2.05, 4.69) is 15.3 Å². The monoisotopic (exact) mass is 519 g/mol. The van der Waals surface area contributed by atoms with Gasteiger partial charge in [0.15, 0.2) is 5.82 Å². The number of likely N-dealkylation sites (tertiary alicyclic amines) is 1. The van der Waals surface area contributed by atoms with Gasteiger partial charge in [0.2, 0.25) is 11.8 Å². The lowest BCUT2D eigenvalue weighted by molar-refractivity contribution is -0.134. The van der Waals surface area contributed by atoms with Gasteiger partial charge in [0.25, 0.3) is 0 Å². The number of hydrogen-bond acceptors (Lipinski definition) is 4. The van der Waals surface area contributed by atoms with Gasteiger partial charge in [-0.2, -0.15) is 0 Å². The van der Waals surface area contributed by atoms with Gasteiger partial charge in [-0.05, 0) is 100 Å². The largest absolute Gasteiger partial charge is 0.343 e. The number of hydrogen-bond donors (Lipinski definition) is 1. The maximum Gasteiger partial charge on any atom is 0.228 e. The molecule has 202 valence electrons. The topological polar surface area (TPSA) is 80.1 Å². The lowest BCUT2D eigenvalue weighted by Gasteiger charge is -2.31. The maximum absolute atomic E-state index is 15.0. The molecule has 7 nitrogen and oxygen atoms in total. The van der Waals surface area contributed by atoms with Crippen molar-refractivity contribution in [1.82, 2.24) is 19.4 Å². The highest BCUT2D eigenvalue weighted by Crippen LogP contribution is 2.34. The molecule has 1 saturated heterocycles. The third kappa shape index (κ3) is 5.59. The number of carbonyl (C=O) groups is 2. The zero-order valence-corrected chi connectivity index (χ0v) is 22.7. The highest BCUT2D eigenvalue weighted by atomic mass is 19.1. The number of imidazole rings is 1. The fourth-order valence-corrected chi connectivity index (χ4v) is 6.02. The van der Waals surface area contributed by atoms with Crippen molar-refractivity contribution in [2.45, 2.75) is 78.2 Å². The van der Waals surface area contributed by atoms with Crippen molar-refractivity contribution in [3.05, 3.63) is 42.1 Å². The second-order valence-electron chi connectivity index (χ2n) is 11.3. The SMILES string of the molecule is Cc1cnc(NC(=O)[C@H]2CCC[C@@H](CC(=O)N3CCCCC3)C2)cc1-c1cc(F)c2ncn(C(C)C)c2c1. The Hall–Kier alpha value is -3.29. The summed E-state index contributed by atoms with van der Waals surface area (Å²) in [7, 11) is 0. The standard InChI is InChI=1S/C30H38FN5O2/c1-19(2)36-18-33-29-25(31)14-23(15-26(29)36)24-16-27(32-17-20(24)3)34-30(38)22-9-7-8-21(12-22)13-28(37)35-10-5-4-6-11-35/h14-19,21-22H,4-13H2,1-3H3,(H,32,34,38)/t21-,22+/m1/s1. The number of aryl methyl sites for hydroxylation is 1. The molecule has 3 aromatic rings. The highest BCUT2D eigenvalue weighted by Gasteiger charge is 2.30. The van der Waals surface area contributed by atoms with Crippen LogP contribution in [-0.4, -0.2) is 44.3 Å². The van der Waals surface area contributed by atoms with Gasteiger partial charge in [-0.15, -0.1) is 0 Å². The number of halogens is 1. The normalized spacial score (nSPS) is 20.2. The minimum Gasteiger partial charge on any atom is -0.343 e. The van der Waals surface area contributed by atoms with E-state index >= 15 is 0 Å². The molecule has 8 heteroatoms. The van der Waals surface area contributed by atoms with Crippen molar-refractivity contribution in [3.63, 3.8) is 0 Å². The predicted molar refractivity (Wildman–Crippen MR) is 147 cm³/mol. The van der Waals surface area contributed by atoms with Crippen molar-refractivity contribution in [2.75, 3.05) is 18.4 Å². The van der Waals surface area contributed by atoms with Crippen LogP contribution < -0.4 is 5.32 Å². The van der Waals surface area contributed by atoms with Crippen LogP contribution in [0.4, 0.5) is 10.2 Å². The molecule has 1 N–H and O–H groups in total. The van der Waals surface area contributed by atoms with E-state index in [9.17, 15) is 14.0 Å². The predicted octanol–water partition coefficient (Wildman–Crippen LogP) is 6.27. The van der Waals surface area contributed by atoms with Crippen LogP contribution in [0.1, 0.15) is 76.8 Å². The number of nitrogens with zero attached hydrogens (tertiary/aromatic N) is 4. The van der Waals surface area contributed by atoms with Gasteiger partial charge in [0, 0.05) is 37.7 Å². The average molecular weight is 520 g/mol. The van der Waals surface area contributed by atoms with Gasteiger partial charge < -0.3 is 14.8 Å². The minimum atomic E-state index is -0.369. The Morgan fingerprint density at radius 2 is 1.87 bits per heavy atom. The Labute approximate surface area is 223 Å². The summed E-state index contributed by atoms with van der Waals surface area (Å²) in [4.78, 5) is 36.7. The molecule has 1 aliphatic heterocycles. The highest BCUT2D eigenvalue weighted by molar-refractivity contribution is 5.93. The van der Waals surface area contributed by atoms with Crippen molar-refractivity contribution in [1.29, 1.82) is 0 Å². The molecule has 1 saturated carbocycles. The Kier molecular flexibility index (Phi) is 7.77. The summed E-state index contributed by atoms with van der Waals surface area (Å²) in [5.74, 6) is 0.385. The van der Waals surface area contributed by atoms with E-state index in [0.717, 1.165) is 73.8 Å². The van der Waals surface area contributed by atoms with Gasteiger partial charge in [-0.25, -0.2) is 14.4 Å². The number of carbonyl (C=O) groups excluding carboxylic acids is 2. The first kappa shape index (κ1) is 26.3. The molecule has 1 aromatic carbocycles. The Morgan fingerprint density at radius 3 is 2.63 bits per heavy atom. The van der Waals surface area contributed by atoms with Crippen LogP contribution in [0.25, 0.3) is 22.2 Å². The molecule has 38 heavy (non-hydrogen) atoms. The summed E-state index contributed by atoms with van der Waals surface area (Å²) in [5.41, 5.74) is 3.53. The Balaban J connectivity index is 1.29. The first-order valence-electron chi connectivity index (χ1n) is 14.0. The van der Waals surface area contributed by atoms with E-state index in [1.54, 1.807) is 12.5 Å². The quantitative estimate of drug-likeness (QED) is 0.416. The van der Waals surface area contributed by atoms with E-state index < -0.39 is 0 Å². The van der Waals surface area contributed by atoms with Gasteiger partial charge in [-0.3, -0.25) is 9.59 Å². The smallest absolute Gasteiger partial charge is 0.228 e. The zero-order valence-electron chi connectivity index (χ0n) is 22.7. The molecular weight excluding hydrogens is 481 g/mol. The average Bonchev–Trinajstić information content (AvgIpc) is 3.35. The van der Waals surface area contributed by atoms with Crippen molar-refractivity contribution < 1.29 is 14.0 Å². The second-order valence-corrected chi connectivity index (χ2v) is 11.3. The lowest BCUT2D eigenvalue weighted by atomic mass is 9.79. The third-order valence-corrected chi connectivity index (χ3v) is 8.18. The molecule has 2 aromatic heterocycles. The van der Waals surface area contributed by atoms with Crippen LogP contribution in [0.2, 0.25) is 0 Å². The van der Waals surface area contributed by atoms with Gasteiger partial charge >= 0.3 is 0 Å². The molecule has 0 spiro atoms. The number of benzene rings is 1. The summed E-state index contributed by atoms with van der Waals surface area (Å²) in [6, 6.07) is 5.42. The van der Waals surface area contributed by atoms with E-state index in [-0.39, 0.29) is 35.5 Å². The Bertz CT molecular complexity index is 1330. The van der Waals surface area contributed by atoms with Crippen LogP contribution in [0.5, 0.6) is 0 Å². The fraction of sp³-hybridized carbons (Fsp3) is 0.533. The third-order valence-electron chi connectivity index (χ3n) is 8.18. The number of pyridine rings is 1. The molecule has 2 fully saturated rings. The van der Waals surface area contributed by atoms with E-state index in [4.69, 9.17) is 0 Å².